The molecule has 0 saturated heterocycles. The number of thiophene rings is 1. The summed E-state index contributed by atoms with van der Waals surface area (Å²) < 4.78 is 0. The second-order valence-electron chi connectivity index (χ2n) is 5.69. The van der Waals surface area contributed by atoms with E-state index in [-0.39, 0.29) is 24.2 Å². The van der Waals surface area contributed by atoms with E-state index < -0.39 is 0 Å². The van der Waals surface area contributed by atoms with E-state index in [0.717, 1.165) is 18.4 Å². The highest BCUT2D eigenvalue weighted by Crippen LogP contribution is 2.42. The summed E-state index contributed by atoms with van der Waals surface area (Å²) in [7, 11) is 0. The summed E-state index contributed by atoms with van der Waals surface area (Å²) in [4.78, 5) is 27.6. The van der Waals surface area contributed by atoms with Crippen molar-refractivity contribution in [1.29, 1.82) is 0 Å². The average Bonchev–Trinajstić information content (AvgIpc) is 3.20. The standard InChI is InChI=1S/C16H19N3O2S/c1-10-7-12(15(20)17-8-10)9-18-16(21)19-14(11-4-5-11)13-3-2-6-22-13/h2-3,6-8,11,14H,4-5,9H2,1H3,(H,17,20)(H2,18,19,21). The quantitative estimate of drug-likeness (QED) is 0.793. The molecule has 2 amide bonds. The molecular weight excluding hydrogens is 298 g/mol. The first-order valence-corrected chi connectivity index (χ1v) is 8.27. The Labute approximate surface area is 132 Å². The van der Waals surface area contributed by atoms with E-state index in [1.54, 1.807) is 23.6 Å². The zero-order chi connectivity index (χ0) is 15.5. The number of aryl methyl sites for hydroxylation is 1. The second-order valence-corrected chi connectivity index (χ2v) is 6.67. The minimum Gasteiger partial charge on any atom is -0.334 e. The van der Waals surface area contributed by atoms with E-state index in [9.17, 15) is 9.59 Å². The highest BCUT2D eigenvalue weighted by molar-refractivity contribution is 7.10. The molecule has 2 heterocycles. The van der Waals surface area contributed by atoms with Gasteiger partial charge in [0, 0.05) is 23.2 Å². The SMILES string of the molecule is Cc1c[nH]c(=O)c(CNC(=O)NC(c2cccs2)C2CC2)c1. The summed E-state index contributed by atoms with van der Waals surface area (Å²) in [6.07, 6.45) is 3.96. The zero-order valence-corrected chi connectivity index (χ0v) is 13.2. The van der Waals surface area contributed by atoms with Gasteiger partial charge >= 0.3 is 6.03 Å². The Morgan fingerprint density at radius 2 is 2.32 bits per heavy atom. The fourth-order valence-corrected chi connectivity index (χ4v) is 3.34. The molecular formula is C16H19N3O2S. The van der Waals surface area contributed by atoms with E-state index in [1.807, 2.05) is 18.4 Å². The molecule has 1 saturated carbocycles. The lowest BCUT2D eigenvalue weighted by atomic mass is 10.1. The van der Waals surface area contributed by atoms with Crippen molar-refractivity contribution < 1.29 is 4.79 Å². The van der Waals surface area contributed by atoms with Gasteiger partial charge in [0.15, 0.2) is 0 Å². The van der Waals surface area contributed by atoms with Gasteiger partial charge in [0.25, 0.3) is 5.56 Å². The molecule has 0 bridgehead atoms. The second kappa shape index (κ2) is 6.36. The van der Waals surface area contributed by atoms with Crippen molar-refractivity contribution in [3.63, 3.8) is 0 Å². The molecule has 5 nitrogen and oxygen atoms in total. The van der Waals surface area contributed by atoms with Crippen LogP contribution in [0.1, 0.15) is 34.9 Å². The van der Waals surface area contributed by atoms with Crippen LogP contribution in [0.4, 0.5) is 4.79 Å². The fraction of sp³-hybridized carbons (Fsp3) is 0.375. The van der Waals surface area contributed by atoms with Gasteiger partial charge in [-0.2, -0.15) is 0 Å². The van der Waals surface area contributed by atoms with Gasteiger partial charge in [-0.25, -0.2) is 4.79 Å². The van der Waals surface area contributed by atoms with Gasteiger partial charge in [-0.05, 0) is 48.8 Å². The van der Waals surface area contributed by atoms with Gasteiger partial charge in [0.1, 0.15) is 0 Å². The molecule has 22 heavy (non-hydrogen) atoms. The van der Waals surface area contributed by atoms with Gasteiger partial charge in [0.05, 0.1) is 6.04 Å². The predicted molar refractivity (Wildman–Crippen MR) is 87.0 cm³/mol. The first-order valence-electron chi connectivity index (χ1n) is 7.39. The normalized spacial score (nSPS) is 15.3. The molecule has 6 heteroatoms. The van der Waals surface area contributed by atoms with Gasteiger partial charge < -0.3 is 15.6 Å². The Morgan fingerprint density at radius 1 is 1.50 bits per heavy atom. The fourth-order valence-electron chi connectivity index (χ4n) is 2.47. The Balaban J connectivity index is 1.60. The maximum atomic E-state index is 12.1. The van der Waals surface area contributed by atoms with Gasteiger partial charge in [-0.1, -0.05) is 6.07 Å². The summed E-state index contributed by atoms with van der Waals surface area (Å²) in [5, 5.41) is 7.83. The lowest BCUT2D eigenvalue weighted by Gasteiger charge is -2.17. The topological polar surface area (TPSA) is 74.0 Å². The van der Waals surface area contributed by atoms with Crippen LogP contribution in [0.5, 0.6) is 0 Å². The number of hydrogen-bond donors (Lipinski definition) is 3. The van der Waals surface area contributed by atoms with Gasteiger partial charge in [-0.3, -0.25) is 4.79 Å². The summed E-state index contributed by atoms with van der Waals surface area (Å²) in [5.74, 6) is 0.534. The van der Waals surface area contributed by atoms with Crippen molar-refractivity contribution in [2.24, 2.45) is 5.92 Å². The first kappa shape index (κ1) is 14.8. The molecule has 2 aromatic rings. The van der Waals surface area contributed by atoms with E-state index >= 15 is 0 Å². The van der Waals surface area contributed by atoms with Crippen LogP contribution in [0, 0.1) is 12.8 Å². The summed E-state index contributed by atoms with van der Waals surface area (Å²) in [6, 6.07) is 5.69. The number of amides is 2. The molecule has 3 N–H and O–H groups in total. The van der Waals surface area contributed by atoms with E-state index in [2.05, 4.69) is 21.7 Å². The molecule has 1 unspecified atom stereocenters. The number of carbonyl (C=O) groups is 1. The Kier molecular flexibility index (Phi) is 4.29. The molecule has 0 aliphatic heterocycles. The van der Waals surface area contributed by atoms with Crippen LogP contribution in [0.2, 0.25) is 0 Å². The van der Waals surface area contributed by atoms with Crippen LogP contribution in [0.25, 0.3) is 0 Å². The number of rotatable bonds is 5. The average molecular weight is 317 g/mol. The third-order valence-electron chi connectivity index (χ3n) is 3.79. The predicted octanol–water partition coefficient (Wildman–Crippen LogP) is 2.70. The van der Waals surface area contributed by atoms with E-state index in [4.69, 9.17) is 0 Å². The molecule has 0 radical (unpaired) electrons. The van der Waals surface area contributed by atoms with Crippen LogP contribution in [0.15, 0.2) is 34.6 Å². The third-order valence-corrected chi connectivity index (χ3v) is 4.75. The maximum absolute atomic E-state index is 12.1. The number of H-pyrrole nitrogens is 1. The Morgan fingerprint density at radius 3 is 3.00 bits per heavy atom. The number of hydrogen-bond acceptors (Lipinski definition) is 3. The molecule has 2 aromatic heterocycles. The number of aromatic nitrogens is 1. The van der Waals surface area contributed by atoms with E-state index in [1.165, 1.54) is 4.88 Å². The molecule has 3 rings (SSSR count). The summed E-state index contributed by atoms with van der Waals surface area (Å²) in [5.41, 5.74) is 1.36. The molecule has 1 atom stereocenters. The van der Waals surface area contributed by atoms with Crippen molar-refractivity contribution in [2.45, 2.75) is 32.4 Å². The smallest absolute Gasteiger partial charge is 0.315 e. The van der Waals surface area contributed by atoms with Gasteiger partial charge in [0.2, 0.25) is 0 Å². The van der Waals surface area contributed by atoms with Crippen molar-refractivity contribution in [2.75, 3.05) is 0 Å². The number of nitrogens with one attached hydrogen (secondary N) is 3. The maximum Gasteiger partial charge on any atom is 0.315 e. The molecule has 0 aromatic carbocycles. The Bertz CT molecular complexity index is 704. The number of pyridine rings is 1. The van der Waals surface area contributed by atoms with Crippen molar-refractivity contribution in [3.05, 3.63) is 56.1 Å². The van der Waals surface area contributed by atoms with E-state index in [0.29, 0.717) is 11.5 Å². The van der Waals surface area contributed by atoms with Crippen LogP contribution < -0.4 is 16.2 Å². The highest BCUT2D eigenvalue weighted by atomic mass is 32.1. The van der Waals surface area contributed by atoms with Crippen LogP contribution in [-0.2, 0) is 6.54 Å². The van der Waals surface area contributed by atoms with Crippen LogP contribution in [0.3, 0.4) is 0 Å². The van der Waals surface area contributed by atoms with Gasteiger partial charge in [-0.15, -0.1) is 11.3 Å². The molecule has 116 valence electrons. The number of urea groups is 1. The van der Waals surface area contributed by atoms with Crippen molar-refractivity contribution in [1.82, 2.24) is 15.6 Å². The first-order chi connectivity index (χ1) is 10.6. The summed E-state index contributed by atoms with van der Waals surface area (Å²) in [6.45, 7) is 2.13. The molecule has 0 spiro atoms. The lowest BCUT2D eigenvalue weighted by molar-refractivity contribution is 0.235. The lowest BCUT2D eigenvalue weighted by Crippen LogP contribution is -2.39. The molecule has 1 aliphatic carbocycles. The number of carbonyl (C=O) groups excluding carboxylic acids is 1. The largest absolute Gasteiger partial charge is 0.334 e. The Hall–Kier alpha value is -2.08. The monoisotopic (exact) mass is 317 g/mol. The number of aromatic amines is 1. The third kappa shape index (κ3) is 3.57. The highest BCUT2D eigenvalue weighted by Gasteiger charge is 2.33. The van der Waals surface area contributed by atoms with Crippen molar-refractivity contribution >= 4 is 17.4 Å². The summed E-state index contributed by atoms with van der Waals surface area (Å²) >= 11 is 1.66. The molecule has 1 fully saturated rings. The molecule has 1 aliphatic rings. The van der Waals surface area contributed by atoms with Crippen LogP contribution >= 0.6 is 11.3 Å². The zero-order valence-electron chi connectivity index (χ0n) is 12.4. The minimum atomic E-state index is -0.230. The van der Waals surface area contributed by atoms with Crippen LogP contribution in [-0.4, -0.2) is 11.0 Å². The minimum absolute atomic E-state index is 0.0794. The van der Waals surface area contributed by atoms with Crippen molar-refractivity contribution in [3.8, 4) is 0 Å².